The quantitative estimate of drug-likeness (QED) is 0.220. The summed E-state index contributed by atoms with van der Waals surface area (Å²) in [6, 6.07) is 23.4. The van der Waals surface area contributed by atoms with Crippen molar-refractivity contribution in [1.29, 1.82) is 0 Å². The Morgan fingerprint density at radius 3 is 1.32 bits per heavy atom. The number of benzene rings is 2. The first kappa shape index (κ1) is 28.3. The van der Waals surface area contributed by atoms with Gasteiger partial charge in [0.1, 0.15) is 0 Å². The molecule has 3 nitrogen and oxygen atoms in total. The monoisotopic (exact) mass is 504 g/mol. The predicted octanol–water partition coefficient (Wildman–Crippen LogP) is 7.54. The molecule has 0 radical (unpaired) electrons. The number of ether oxygens (including phenoxy) is 1. The largest absolute Gasteiger partial charge is 0.381 e. The van der Waals surface area contributed by atoms with Gasteiger partial charge in [0.25, 0.3) is 0 Å². The van der Waals surface area contributed by atoms with Crippen molar-refractivity contribution in [2.24, 2.45) is 0 Å². The normalized spacial score (nSPS) is 19.0. The number of rotatable bonds is 16. The van der Waals surface area contributed by atoms with Gasteiger partial charge in [0.05, 0.1) is 0 Å². The van der Waals surface area contributed by atoms with Gasteiger partial charge >= 0.3 is 0 Å². The van der Waals surface area contributed by atoms with Gasteiger partial charge in [-0.05, 0) is 114 Å². The highest BCUT2D eigenvalue weighted by Crippen LogP contribution is 2.21. The van der Waals surface area contributed by atoms with Gasteiger partial charge in [0.15, 0.2) is 0 Å². The summed E-state index contributed by atoms with van der Waals surface area (Å²) in [6.07, 6.45) is 18.3. The summed E-state index contributed by atoms with van der Waals surface area (Å²) in [5, 5.41) is 0. The minimum Gasteiger partial charge on any atom is -0.381 e. The Kier molecular flexibility index (Phi) is 13.0. The van der Waals surface area contributed by atoms with E-state index < -0.39 is 0 Å². The van der Waals surface area contributed by atoms with Crippen molar-refractivity contribution in [2.75, 3.05) is 39.4 Å². The first-order valence-corrected chi connectivity index (χ1v) is 15.5. The lowest BCUT2D eigenvalue weighted by atomic mass is 9.99. The number of piperidine rings is 2. The third kappa shape index (κ3) is 10.5. The Bertz CT molecular complexity index is 745. The number of likely N-dealkylation sites (tertiary alicyclic amines) is 2. The van der Waals surface area contributed by atoms with E-state index in [9.17, 15) is 0 Å². The van der Waals surface area contributed by atoms with Crippen LogP contribution in [0, 0.1) is 0 Å². The second-order valence-electron chi connectivity index (χ2n) is 11.4. The molecule has 204 valence electrons. The van der Waals surface area contributed by atoms with E-state index >= 15 is 0 Å². The van der Waals surface area contributed by atoms with E-state index in [4.69, 9.17) is 4.74 Å². The van der Waals surface area contributed by atoms with Crippen molar-refractivity contribution >= 4 is 0 Å². The maximum Gasteiger partial charge on any atom is 0.0480 e. The summed E-state index contributed by atoms with van der Waals surface area (Å²) >= 11 is 0. The molecule has 2 aliphatic rings. The minimum absolute atomic E-state index is 0.688. The van der Waals surface area contributed by atoms with Crippen LogP contribution in [0.3, 0.4) is 0 Å². The zero-order valence-corrected chi connectivity index (χ0v) is 23.4. The summed E-state index contributed by atoms with van der Waals surface area (Å²) < 4.78 is 6.35. The van der Waals surface area contributed by atoms with Crippen LogP contribution in [0.4, 0.5) is 0 Å². The van der Waals surface area contributed by atoms with E-state index in [2.05, 4.69) is 70.5 Å². The minimum atomic E-state index is 0.688. The van der Waals surface area contributed by atoms with Gasteiger partial charge in [-0.25, -0.2) is 0 Å². The van der Waals surface area contributed by atoms with Gasteiger partial charge in [-0.3, -0.25) is 0 Å². The highest BCUT2D eigenvalue weighted by atomic mass is 16.5. The highest BCUT2D eigenvalue weighted by molar-refractivity contribution is 5.15. The summed E-state index contributed by atoms with van der Waals surface area (Å²) in [5.41, 5.74) is 2.96. The van der Waals surface area contributed by atoms with Crippen molar-refractivity contribution in [3.8, 4) is 0 Å². The van der Waals surface area contributed by atoms with Crippen LogP contribution in [0.2, 0.25) is 0 Å². The molecule has 0 aliphatic carbocycles. The van der Waals surface area contributed by atoms with Crippen LogP contribution in [0.25, 0.3) is 0 Å². The Balaban J connectivity index is 1.19. The Morgan fingerprint density at radius 2 is 0.919 bits per heavy atom. The van der Waals surface area contributed by atoms with Crippen molar-refractivity contribution in [3.05, 3.63) is 71.8 Å². The average Bonchev–Trinajstić information content (AvgIpc) is 2.97. The van der Waals surface area contributed by atoms with Crippen molar-refractivity contribution in [1.82, 2.24) is 9.80 Å². The lowest BCUT2D eigenvalue weighted by Gasteiger charge is -2.35. The topological polar surface area (TPSA) is 15.7 Å². The van der Waals surface area contributed by atoms with Crippen LogP contribution in [0.5, 0.6) is 0 Å². The molecule has 2 fully saturated rings. The molecule has 2 unspecified atom stereocenters. The summed E-state index contributed by atoms with van der Waals surface area (Å²) in [7, 11) is 0. The second kappa shape index (κ2) is 17.0. The van der Waals surface area contributed by atoms with Crippen LogP contribution in [-0.2, 0) is 17.6 Å². The van der Waals surface area contributed by atoms with E-state index in [-0.39, 0.29) is 0 Å². The highest BCUT2D eigenvalue weighted by Gasteiger charge is 2.22. The van der Waals surface area contributed by atoms with Crippen molar-refractivity contribution in [3.63, 3.8) is 0 Å². The zero-order valence-electron chi connectivity index (χ0n) is 23.4. The number of nitrogens with zero attached hydrogens (tertiary/aromatic N) is 2. The first-order valence-electron chi connectivity index (χ1n) is 15.5. The molecule has 0 amide bonds. The Morgan fingerprint density at radius 1 is 0.514 bits per heavy atom. The molecule has 4 rings (SSSR count). The van der Waals surface area contributed by atoms with Gasteiger partial charge in [0, 0.05) is 25.3 Å². The molecule has 3 heteroatoms. The average molecular weight is 505 g/mol. The van der Waals surface area contributed by atoms with Crippen LogP contribution < -0.4 is 0 Å². The van der Waals surface area contributed by atoms with Crippen molar-refractivity contribution in [2.45, 2.75) is 102 Å². The van der Waals surface area contributed by atoms with Crippen LogP contribution in [0.15, 0.2) is 60.7 Å². The smallest absolute Gasteiger partial charge is 0.0480 e. The van der Waals surface area contributed by atoms with Crippen molar-refractivity contribution < 1.29 is 4.74 Å². The van der Waals surface area contributed by atoms with E-state index in [1.165, 1.54) is 127 Å². The molecule has 2 atom stereocenters. The van der Waals surface area contributed by atoms with Gasteiger partial charge in [-0.1, -0.05) is 73.5 Å². The molecule has 2 aliphatic heterocycles. The molecule has 0 spiro atoms. The number of hydrogen-bond acceptors (Lipinski definition) is 3. The fraction of sp³-hybridized carbons (Fsp3) is 0.647. The standard InChI is InChI=1S/C34H52N2O/c1-5-15-31(16-6-1)19-13-21-33(35-25-9-3-10-26-35)23-29-37-30-24-34(36-27-11-4-12-28-36)22-14-20-32-17-7-2-8-18-32/h1-2,5-8,15-18,33-34H,3-4,9-14,19-30H2. The number of hydrogen-bond donors (Lipinski definition) is 0. The van der Waals surface area contributed by atoms with Gasteiger partial charge in [-0.2, -0.15) is 0 Å². The molecule has 0 saturated carbocycles. The van der Waals surface area contributed by atoms with E-state index in [1.54, 1.807) is 0 Å². The maximum atomic E-state index is 6.35. The predicted molar refractivity (Wildman–Crippen MR) is 157 cm³/mol. The van der Waals surface area contributed by atoms with Gasteiger partial charge < -0.3 is 14.5 Å². The molecule has 0 N–H and O–H groups in total. The van der Waals surface area contributed by atoms with Crippen LogP contribution in [0.1, 0.15) is 88.2 Å². The third-order valence-corrected chi connectivity index (χ3v) is 8.70. The fourth-order valence-electron chi connectivity index (χ4n) is 6.50. The van der Waals surface area contributed by atoms with Crippen LogP contribution >= 0.6 is 0 Å². The summed E-state index contributed by atoms with van der Waals surface area (Å²) in [5.74, 6) is 0. The molecule has 0 aromatic heterocycles. The molecule has 2 saturated heterocycles. The second-order valence-corrected chi connectivity index (χ2v) is 11.4. The lowest BCUT2D eigenvalue weighted by Crippen LogP contribution is -2.40. The third-order valence-electron chi connectivity index (χ3n) is 8.70. The molecule has 2 aromatic carbocycles. The Hall–Kier alpha value is -1.68. The molecular formula is C34H52N2O. The molecular weight excluding hydrogens is 452 g/mol. The summed E-state index contributed by atoms with van der Waals surface area (Å²) in [6.45, 7) is 6.98. The number of aryl methyl sites for hydroxylation is 2. The fourth-order valence-corrected chi connectivity index (χ4v) is 6.50. The lowest BCUT2D eigenvalue weighted by molar-refractivity contribution is 0.0628. The Labute approximate surface area is 227 Å². The van der Waals surface area contributed by atoms with E-state index in [0.29, 0.717) is 12.1 Å². The van der Waals surface area contributed by atoms with Gasteiger partial charge in [0.2, 0.25) is 0 Å². The van der Waals surface area contributed by atoms with E-state index in [1.807, 2.05) is 0 Å². The van der Waals surface area contributed by atoms with Gasteiger partial charge in [-0.15, -0.1) is 0 Å². The molecule has 37 heavy (non-hydrogen) atoms. The van der Waals surface area contributed by atoms with E-state index in [0.717, 1.165) is 13.2 Å². The molecule has 2 heterocycles. The maximum absolute atomic E-state index is 6.35. The van der Waals surface area contributed by atoms with Crippen LogP contribution in [-0.4, -0.2) is 61.3 Å². The molecule has 0 bridgehead atoms. The molecule has 2 aromatic rings. The first-order chi connectivity index (χ1) is 18.4. The summed E-state index contributed by atoms with van der Waals surface area (Å²) in [4.78, 5) is 5.55. The zero-order chi connectivity index (χ0) is 25.4. The SMILES string of the molecule is c1ccc(CCCC(CCOCCC(CCCc2ccccc2)N2CCCCC2)N2CCCCC2)cc1.